The van der Waals surface area contributed by atoms with Crippen molar-refractivity contribution in [3.63, 3.8) is 0 Å². The number of halogens is 1. The van der Waals surface area contributed by atoms with Crippen molar-refractivity contribution < 1.29 is 22.7 Å². The lowest BCUT2D eigenvalue weighted by Gasteiger charge is -2.10. The number of esters is 1. The van der Waals surface area contributed by atoms with Crippen molar-refractivity contribution in [1.29, 1.82) is 0 Å². The molecule has 9 heteroatoms. The van der Waals surface area contributed by atoms with Gasteiger partial charge in [-0.25, -0.2) is 18.2 Å². The second-order valence-electron chi connectivity index (χ2n) is 4.61. The molecule has 0 spiro atoms. The maximum atomic E-state index is 11.6. The number of carbonyl (C=O) groups excluding carboxylic acids is 2. The maximum absolute atomic E-state index is 11.6. The lowest BCUT2D eigenvalue weighted by atomic mass is 10.2. The van der Waals surface area contributed by atoms with Gasteiger partial charge in [0, 0.05) is 12.2 Å². The zero-order valence-electron chi connectivity index (χ0n) is 10.9. The number of nitrogens with one attached hydrogen (secondary N) is 1. The molecular formula is C12H13ClN2O5S. The Morgan fingerprint density at radius 3 is 2.76 bits per heavy atom. The molecule has 1 saturated heterocycles. The Morgan fingerprint density at radius 1 is 1.43 bits per heavy atom. The minimum absolute atomic E-state index is 0.0637. The summed E-state index contributed by atoms with van der Waals surface area (Å²) in [5.74, 6) is -1.25. The minimum atomic E-state index is -3.06. The Labute approximate surface area is 126 Å². The summed E-state index contributed by atoms with van der Waals surface area (Å²) in [7, 11) is -3.06. The van der Waals surface area contributed by atoms with Crippen molar-refractivity contribution in [2.75, 3.05) is 18.1 Å². The lowest BCUT2D eigenvalue weighted by Crippen LogP contribution is -2.38. The number of hydrogen-bond acceptors (Lipinski definition) is 6. The minimum Gasteiger partial charge on any atom is -0.452 e. The van der Waals surface area contributed by atoms with E-state index in [-0.39, 0.29) is 22.2 Å². The summed E-state index contributed by atoms with van der Waals surface area (Å²) >= 11 is 5.59. The van der Waals surface area contributed by atoms with Gasteiger partial charge in [0.15, 0.2) is 16.4 Å². The first-order valence-corrected chi connectivity index (χ1v) is 8.34. The van der Waals surface area contributed by atoms with Crippen molar-refractivity contribution in [2.24, 2.45) is 0 Å². The molecular weight excluding hydrogens is 320 g/mol. The van der Waals surface area contributed by atoms with Gasteiger partial charge in [-0.2, -0.15) is 0 Å². The summed E-state index contributed by atoms with van der Waals surface area (Å²) in [5, 5.41) is 2.76. The van der Waals surface area contributed by atoms with Crippen LogP contribution in [0.5, 0.6) is 0 Å². The summed E-state index contributed by atoms with van der Waals surface area (Å²) < 4.78 is 27.3. The van der Waals surface area contributed by atoms with Crippen LogP contribution in [0, 0.1) is 0 Å². The van der Waals surface area contributed by atoms with Crippen LogP contribution in [0.3, 0.4) is 0 Å². The smallest absolute Gasteiger partial charge is 0.340 e. The van der Waals surface area contributed by atoms with Crippen LogP contribution in [-0.4, -0.2) is 49.4 Å². The van der Waals surface area contributed by atoms with Gasteiger partial charge in [0.05, 0.1) is 17.1 Å². The molecule has 0 bridgehead atoms. The molecule has 1 amide bonds. The number of aromatic nitrogens is 1. The van der Waals surface area contributed by atoms with E-state index in [9.17, 15) is 18.0 Å². The fourth-order valence-electron chi connectivity index (χ4n) is 1.89. The van der Waals surface area contributed by atoms with E-state index in [1.165, 1.54) is 18.3 Å². The highest BCUT2D eigenvalue weighted by atomic mass is 35.5. The van der Waals surface area contributed by atoms with Gasteiger partial charge in [-0.15, -0.1) is 0 Å². The molecule has 2 rings (SSSR count). The van der Waals surface area contributed by atoms with Crippen molar-refractivity contribution in [1.82, 2.24) is 10.3 Å². The van der Waals surface area contributed by atoms with Crippen molar-refractivity contribution in [3.8, 4) is 0 Å². The zero-order valence-corrected chi connectivity index (χ0v) is 12.5. The predicted molar refractivity (Wildman–Crippen MR) is 74.7 cm³/mol. The molecule has 0 aliphatic carbocycles. The average molecular weight is 333 g/mol. The third kappa shape index (κ3) is 4.68. The van der Waals surface area contributed by atoms with Crippen LogP contribution in [0.1, 0.15) is 16.8 Å². The monoisotopic (exact) mass is 332 g/mol. The molecule has 21 heavy (non-hydrogen) atoms. The Kier molecular flexibility index (Phi) is 4.79. The highest BCUT2D eigenvalue weighted by Gasteiger charge is 2.29. The summed E-state index contributed by atoms with van der Waals surface area (Å²) in [6.07, 6.45) is 1.62. The summed E-state index contributed by atoms with van der Waals surface area (Å²) in [5.41, 5.74) is 0.177. The number of nitrogens with zero attached hydrogens (tertiary/aromatic N) is 1. The van der Waals surface area contributed by atoms with Gasteiger partial charge in [-0.3, -0.25) is 4.79 Å². The molecule has 0 radical (unpaired) electrons. The lowest BCUT2D eigenvalue weighted by molar-refractivity contribution is -0.124. The van der Waals surface area contributed by atoms with Crippen molar-refractivity contribution in [3.05, 3.63) is 29.0 Å². The van der Waals surface area contributed by atoms with Gasteiger partial charge in [0.2, 0.25) is 0 Å². The fraction of sp³-hybridized carbons (Fsp3) is 0.417. The molecule has 1 aliphatic heterocycles. The zero-order chi connectivity index (χ0) is 15.5. The number of carbonyl (C=O) groups is 2. The topological polar surface area (TPSA) is 102 Å². The Hall–Kier alpha value is -1.67. The first-order chi connectivity index (χ1) is 9.85. The molecule has 114 valence electrons. The number of pyridine rings is 1. The van der Waals surface area contributed by atoms with Crippen LogP contribution in [0.4, 0.5) is 0 Å². The van der Waals surface area contributed by atoms with Crippen LogP contribution in [-0.2, 0) is 19.4 Å². The van der Waals surface area contributed by atoms with Crippen molar-refractivity contribution in [2.45, 2.75) is 12.5 Å². The van der Waals surface area contributed by atoms with Gasteiger partial charge < -0.3 is 10.1 Å². The van der Waals surface area contributed by atoms with Crippen LogP contribution in [0.2, 0.25) is 5.15 Å². The van der Waals surface area contributed by atoms with E-state index in [1.54, 1.807) is 0 Å². The van der Waals surface area contributed by atoms with E-state index in [2.05, 4.69) is 10.3 Å². The van der Waals surface area contributed by atoms with E-state index in [4.69, 9.17) is 16.3 Å². The third-order valence-corrected chi connectivity index (χ3v) is 4.89. The second kappa shape index (κ2) is 6.40. The predicted octanol–water partition coefficient (Wildman–Crippen LogP) is 0.195. The van der Waals surface area contributed by atoms with E-state index < -0.39 is 34.4 Å². The number of hydrogen-bond donors (Lipinski definition) is 1. The first-order valence-electron chi connectivity index (χ1n) is 6.14. The van der Waals surface area contributed by atoms with Crippen LogP contribution >= 0.6 is 11.6 Å². The van der Waals surface area contributed by atoms with E-state index in [1.807, 2.05) is 0 Å². The molecule has 2 heterocycles. The van der Waals surface area contributed by atoms with E-state index >= 15 is 0 Å². The standard InChI is InChI=1S/C12H13ClN2O5S/c13-10-2-1-8(5-14-10)12(17)20-6-11(16)15-9-3-4-21(18,19)7-9/h1-2,5,9H,3-4,6-7H2,(H,15,16)/t9-/m1/s1. The molecule has 1 N–H and O–H groups in total. The quantitative estimate of drug-likeness (QED) is 0.624. The SMILES string of the molecule is O=C(COC(=O)c1ccc(Cl)nc1)N[C@@H]1CCS(=O)(=O)C1. The third-order valence-electron chi connectivity index (χ3n) is 2.89. The summed E-state index contributed by atoms with van der Waals surface area (Å²) in [6.45, 7) is -0.474. The van der Waals surface area contributed by atoms with Crippen LogP contribution in [0.25, 0.3) is 0 Å². The molecule has 0 aromatic carbocycles. The summed E-state index contributed by atoms with van der Waals surface area (Å²) in [6, 6.07) is 2.44. The van der Waals surface area contributed by atoms with E-state index in [0.717, 1.165) is 0 Å². The highest BCUT2D eigenvalue weighted by Crippen LogP contribution is 2.11. The molecule has 1 aliphatic rings. The maximum Gasteiger partial charge on any atom is 0.340 e. The normalized spacial score (nSPS) is 20.0. The summed E-state index contributed by atoms with van der Waals surface area (Å²) in [4.78, 5) is 26.9. The first kappa shape index (κ1) is 15.7. The van der Waals surface area contributed by atoms with Gasteiger partial charge in [0.25, 0.3) is 5.91 Å². The van der Waals surface area contributed by atoms with Crippen LogP contribution in [0.15, 0.2) is 18.3 Å². The molecule has 1 fully saturated rings. The molecule has 7 nitrogen and oxygen atoms in total. The molecule has 0 unspecified atom stereocenters. The van der Waals surface area contributed by atoms with Gasteiger partial charge in [0.1, 0.15) is 5.15 Å². The molecule has 1 atom stereocenters. The Balaban J connectivity index is 1.79. The largest absolute Gasteiger partial charge is 0.452 e. The van der Waals surface area contributed by atoms with Gasteiger partial charge >= 0.3 is 5.97 Å². The van der Waals surface area contributed by atoms with Crippen LogP contribution < -0.4 is 5.32 Å². The number of ether oxygens (including phenoxy) is 1. The van der Waals surface area contributed by atoms with Gasteiger partial charge in [-0.05, 0) is 18.6 Å². The number of rotatable bonds is 4. The fourth-order valence-corrected chi connectivity index (χ4v) is 3.67. The van der Waals surface area contributed by atoms with E-state index in [0.29, 0.717) is 6.42 Å². The van der Waals surface area contributed by atoms with Crippen molar-refractivity contribution >= 4 is 33.3 Å². The highest BCUT2D eigenvalue weighted by molar-refractivity contribution is 7.91. The average Bonchev–Trinajstić information content (AvgIpc) is 2.76. The Bertz CT molecular complexity index is 644. The molecule has 1 aromatic heterocycles. The molecule has 1 aromatic rings. The second-order valence-corrected chi connectivity index (χ2v) is 7.23. The number of sulfone groups is 1. The Morgan fingerprint density at radius 2 is 2.19 bits per heavy atom. The molecule has 0 saturated carbocycles. The number of amides is 1. The van der Waals surface area contributed by atoms with Gasteiger partial charge in [-0.1, -0.05) is 11.6 Å².